The molecule has 0 atom stereocenters. The van der Waals surface area contributed by atoms with Crippen molar-refractivity contribution >= 4 is 31.5 Å². The molecule has 202 valence electrons. The molecule has 0 amide bonds. The standard InChI is InChI=1S/C38H24N4S/c1-4-13-25(14-5-1)28-22-23-32-34(29-19-10-11-21-31(29)43-32)35(28)37-30(20-12-24-39-37)38-33(26-15-6-2-7-16-26)36(40-42-41-38)27-17-8-3-9-18-27/h1-24H. The molecule has 0 saturated carbocycles. The van der Waals surface area contributed by atoms with Crippen molar-refractivity contribution in [3.8, 4) is 56.0 Å². The van der Waals surface area contributed by atoms with Crippen molar-refractivity contribution in [1.82, 2.24) is 20.4 Å². The molecular formula is C38H24N4S. The van der Waals surface area contributed by atoms with Gasteiger partial charge in [-0.1, -0.05) is 115 Å². The monoisotopic (exact) mass is 568 g/mol. The fourth-order valence-electron chi connectivity index (χ4n) is 5.91. The van der Waals surface area contributed by atoms with Gasteiger partial charge < -0.3 is 0 Å². The zero-order valence-corrected chi connectivity index (χ0v) is 23.9. The lowest BCUT2D eigenvalue weighted by atomic mass is 9.88. The number of thiophene rings is 1. The Balaban J connectivity index is 1.49. The summed E-state index contributed by atoms with van der Waals surface area (Å²) in [6.45, 7) is 0. The van der Waals surface area contributed by atoms with Crippen molar-refractivity contribution in [1.29, 1.82) is 0 Å². The zero-order valence-electron chi connectivity index (χ0n) is 23.1. The van der Waals surface area contributed by atoms with Crippen LogP contribution in [-0.2, 0) is 0 Å². The van der Waals surface area contributed by atoms with Gasteiger partial charge in [-0.3, -0.25) is 4.98 Å². The number of nitrogens with zero attached hydrogens (tertiary/aromatic N) is 4. The average Bonchev–Trinajstić information content (AvgIpc) is 3.47. The number of hydrogen-bond acceptors (Lipinski definition) is 5. The van der Waals surface area contributed by atoms with E-state index in [1.807, 2.05) is 60.0 Å². The molecule has 0 spiro atoms. The molecule has 8 aromatic rings. The number of benzene rings is 5. The molecule has 0 aliphatic carbocycles. The second-order valence-corrected chi connectivity index (χ2v) is 11.4. The topological polar surface area (TPSA) is 51.6 Å². The van der Waals surface area contributed by atoms with Crippen LogP contribution in [0, 0.1) is 0 Å². The summed E-state index contributed by atoms with van der Waals surface area (Å²) in [4.78, 5) is 5.10. The van der Waals surface area contributed by atoms with E-state index >= 15 is 0 Å². The molecule has 0 N–H and O–H groups in total. The smallest absolute Gasteiger partial charge is 0.107 e. The highest BCUT2D eigenvalue weighted by Crippen LogP contribution is 2.47. The Morgan fingerprint density at radius 2 is 1.07 bits per heavy atom. The molecule has 8 rings (SSSR count). The van der Waals surface area contributed by atoms with Crippen molar-refractivity contribution in [2.24, 2.45) is 0 Å². The lowest BCUT2D eigenvalue weighted by Crippen LogP contribution is -2.02. The molecule has 5 aromatic carbocycles. The number of rotatable bonds is 5. The van der Waals surface area contributed by atoms with Gasteiger partial charge in [0.15, 0.2) is 0 Å². The molecule has 5 heteroatoms. The van der Waals surface area contributed by atoms with Crippen LogP contribution in [0.1, 0.15) is 0 Å². The second-order valence-electron chi connectivity index (χ2n) is 10.3. The number of pyridine rings is 1. The van der Waals surface area contributed by atoms with Gasteiger partial charge in [-0.05, 0) is 46.2 Å². The Morgan fingerprint density at radius 3 is 1.84 bits per heavy atom. The van der Waals surface area contributed by atoms with E-state index in [2.05, 4.69) is 107 Å². The summed E-state index contributed by atoms with van der Waals surface area (Å²) < 4.78 is 2.48. The minimum atomic E-state index is 0.749. The normalized spacial score (nSPS) is 11.3. The minimum Gasteiger partial charge on any atom is -0.256 e. The first kappa shape index (κ1) is 25.2. The van der Waals surface area contributed by atoms with Crippen LogP contribution in [0.3, 0.4) is 0 Å². The van der Waals surface area contributed by atoms with Crippen LogP contribution in [0.5, 0.6) is 0 Å². The van der Waals surface area contributed by atoms with Gasteiger partial charge in [-0.25, -0.2) is 0 Å². The molecule has 0 aliphatic heterocycles. The Labute approximate surface area is 253 Å². The molecule has 3 aromatic heterocycles. The summed E-state index contributed by atoms with van der Waals surface area (Å²) in [6.07, 6.45) is 1.87. The van der Waals surface area contributed by atoms with Crippen molar-refractivity contribution in [3.63, 3.8) is 0 Å². The number of aromatic nitrogens is 4. The molecule has 0 unspecified atom stereocenters. The van der Waals surface area contributed by atoms with Crippen LogP contribution in [0.15, 0.2) is 146 Å². The van der Waals surface area contributed by atoms with E-state index in [-0.39, 0.29) is 0 Å². The van der Waals surface area contributed by atoms with Crippen LogP contribution in [0.2, 0.25) is 0 Å². The van der Waals surface area contributed by atoms with Gasteiger partial charge in [-0.15, -0.1) is 21.5 Å². The Kier molecular flexibility index (Phi) is 6.28. The lowest BCUT2D eigenvalue weighted by Gasteiger charge is -2.18. The molecular weight excluding hydrogens is 545 g/mol. The van der Waals surface area contributed by atoms with E-state index in [0.717, 1.165) is 56.0 Å². The van der Waals surface area contributed by atoms with Crippen LogP contribution in [-0.4, -0.2) is 20.4 Å². The summed E-state index contributed by atoms with van der Waals surface area (Å²) in [7, 11) is 0. The summed E-state index contributed by atoms with van der Waals surface area (Å²) in [5.74, 6) is 0. The van der Waals surface area contributed by atoms with E-state index in [0.29, 0.717) is 0 Å². The summed E-state index contributed by atoms with van der Waals surface area (Å²) in [6, 6.07) is 48.2. The van der Waals surface area contributed by atoms with Crippen molar-refractivity contribution in [3.05, 3.63) is 146 Å². The van der Waals surface area contributed by atoms with Gasteiger partial charge in [0.1, 0.15) is 11.4 Å². The molecule has 0 radical (unpaired) electrons. The van der Waals surface area contributed by atoms with E-state index < -0.39 is 0 Å². The largest absolute Gasteiger partial charge is 0.256 e. The second kappa shape index (κ2) is 10.7. The third kappa shape index (κ3) is 4.38. The maximum Gasteiger partial charge on any atom is 0.107 e. The SMILES string of the molecule is c1ccc(-c2ccc3sc4ccccc4c3c2-c2ncccc2-c2nnnc(-c3ccccc3)c2-c2ccccc2)cc1. The quantitative estimate of drug-likeness (QED) is 0.207. The van der Waals surface area contributed by atoms with Gasteiger partial charge in [-0.2, -0.15) is 0 Å². The van der Waals surface area contributed by atoms with E-state index in [1.165, 1.54) is 20.2 Å². The maximum absolute atomic E-state index is 5.10. The summed E-state index contributed by atoms with van der Waals surface area (Å²) >= 11 is 1.81. The van der Waals surface area contributed by atoms with Crippen LogP contribution >= 0.6 is 11.3 Å². The molecule has 0 aliphatic rings. The highest BCUT2D eigenvalue weighted by Gasteiger charge is 2.24. The lowest BCUT2D eigenvalue weighted by molar-refractivity contribution is 0.878. The first-order valence-corrected chi connectivity index (χ1v) is 15.0. The minimum absolute atomic E-state index is 0.749. The van der Waals surface area contributed by atoms with Gasteiger partial charge in [0.05, 0.1) is 5.69 Å². The van der Waals surface area contributed by atoms with E-state index in [9.17, 15) is 0 Å². The van der Waals surface area contributed by atoms with Crippen molar-refractivity contribution in [2.45, 2.75) is 0 Å². The fraction of sp³-hybridized carbons (Fsp3) is 0. The molecule has 0 fully saturated rings. The molecule has 3 heterocycles. The number of fused-ring (bicyclic) bond motifs is 3. The van der Waals surface area contributed by atoms with E-state index in [1.54, 1.807) is 0 Å². The Hall–Kier alpha value is -5.52. The maximum atomic E-state index is 5.10. The first-order chi connectivity index (χ1) is 21.4. The van der Waals surface area contributed by atoms with Gasteiger partial charge in [0.25, 0.3) is 0 Å². The number of hydrogen-bond donors (Lipinski definition) is 0. The predicted molar refractivity (Wildman–Crippen MR) is 178 cm³/mol. The first-order valence-electron chi connectivity index (χ1n) is 14.2. The van der Waals surface area contributed by atoms with Crippen molar-refractivity contribution in [2.75, 3.05) is 0 Å². The van der Waals surface area contributed by atoms with Crippen LogP contribution in [0.4, 0.5) is 0 Å². The average molecular weight is 569 g/mol. The third-order valence-corrected chi connectivity index (χ3v) is 8.94. The van der Waals surface area contributed by atoms with Crippen LogP contribution < -0.4 is 0 Å². The van der Waals surface area contributed by atoms with E-state index in [4.69, 9.17) is 10.1 Å². The Morgan fingerprint density at radius 1 is 0.419 bits per heavy atom. The Bertz CT molecular complexity index is 2230. The molecule has 0 bridgehead atoms. The highest BCUT2D eigenvalue weighted by molar-refractivity contribution is 7.26. The molecule has 0 saturated heterocycles. The highest BCUT2D eigenvalue weighted by atomic mass is 32.1. The van der Waals surface area contributed by atoms with Crippen molar-refractivity contribution < 1.29 is 0 Å². The third-order valence-electron chi connectivity index (χ3n) is 7.80. The van der Waals surface area contributed by atoms with Gasteiger partial charge >= 0.3 is 0 Å². The molecule has 43 heavy (non-hydrogen) atoms. The predicted octanol–water partition coefficient (Wildman–Crippen LogP) is 9.97. The zero-order chi connectivity index (χ0) is 28.6. The summed E-state index contributed by atoms with van der Waals surface area (Å²) in [5.41, 5.74) is 9.61. The summed E-state index contributed by atoms with van der Waals surface area (Å²) in [5, 5.41) is 16.1. The van der Waals surface area contributed by atoms with Crippen LogP contribution in [0.25, 0.3) is 76.2 Å². The van der Waals surface area contributed by atoms with Gasteiger partial charge in [0, 0.05) is 48.6 Å². The fourth-order valence-corrected chi connectivity index (χ4v) is 7.02. The molecule has 4 nitrogen and oxygen atoms in total. The van der Waals surface area contributed by atoms with Gasteiger partial charge in [0.2, 0.25) is 0 Å².